The van der Waals surface area contributed by atoms with Crippen LogP contribution in [0.2, 0.25) is 0 Å². The molecule has 0 unspecified atom stereocenters. The molecular weight excluding hydrogens is 281 g/mol. The highest BCUT2D eigenvalue weighted by Gasteiger charge is 2.34. The van der Waals surface area contributed by atoms with Gasteiger partial charge in [0.2, 0.25) is 0 Å². The summed E-state index contributed by atoms with van der Waals surface area (Å²) in [5.74, 6) is 6.87. The second-order valence-electron chi connectivity index (χ2n) is 6.03. The Morgan fingerprint density at radius 2 is 1.71 bits per heavy atom. The molecule has 3 N–H and O–H groups in total. The number of nitrogens with two attached hydrogens (primary N) is 1. The van der Waals surface area contributed by atoms with Crippen molar-refractivity contribution in [1.29, 1.82) is 0 Å². The Morgan fingerprint density at radius 1 is 1.14 bits per heavy atom. The molecule has 1 heterocycles. The number of nitrogens with one attached hydrogen (secondary N) is 1. The van der Waals surface area contributed by atoms with Crippen molar-refractivity contribution in [3.63, 3.8) is 0 Å². The quantitative estimate of drug-likeness (QED) is 0.626. The molecule has 2 fully saturated rings. The molecule has 1 aromatic rings. The molecule has 0 spiro atoms. The maximum atomic E-state index is 13.0. The first-order valence-electron chi connectivity index (χ1n) is 7.26. The minimum atomic E-state index is -4.39. The molecule has 4 nitrogen and oxygen atoms in total. The lowest BCUT2D eigenvalue weighted by Crippen LogP contribution is -2.29. The number of hydrazine groups is 1. The molecule has 0 saturated heterocycles. The highest BCUT2D eigenvalue weighted by atomic mass is 19.4. The first-order chi connectivity index (χ1) is 9.95. The highest BCUT2D eigenvalue weighted by Crippen LogP contribution is 2.37. The van der Waals surface area contributed by atoms with Crippen LogP contribution in [-0.4, -0.2) is 18.1 Å². The van der Waals surface area contributed by atoms with E-state index in [-0.39, 0.29) is 5.82 Å². The van der Waals surface area contributed by atoms with Crippen molar-refractivity contribution in [3.8, 4) is 0 Å². The van der Waals surface area contributed by atoms with Crippen molar-refractivity contribution >= 4 is 11.6 Å². The van der Waals surface area contributed by atoms with E-state index in [0.29, 0.717) is 17.7 Å². The van der Waals surface area contributed by atoms with Gasteiger partial charge in [-0.15, -0.1) is 0 Å². The molecule has 3 rings (SSSR count). The fourth-order valence-electron chi connectivity index (χ4n) is 2.40. The predicted molar refractivity (Wildman–Crippen MR) is 74.7 cm³/mol. The fraction of sp³-hybridized carbons (Fsp3) is 0.643. The van der Waals surface area contributed by atoms with E-state index < -0.39 is 11.7 Å². The van der Waals surface area contributed by atoms with Crippen molar-refractivity contribution in [2.45, 2.75) is 31.9 Å². The van der Waals surface area contributed by atoms with Crippen LogP contribution in [0.5, 0.6) is 0 Å². The molecule has 116 valence electrons. The molecule has 0 atom stereocenters. The van der Waals surface area contributed by atoms with Crippen LogP contribution in [0.3, 0.4) is 0 Å². The molecule has 2 aliphatic rings. The lowest BCUT2D eigenvalue weighted by Gasteiger charge is -2.25. The number of aromatic nitrogens is 1. The Kier molecular flexibility index (Phi) is 3.69. The molecule has 0 radical (unpaired) electrons. The van der Waals surface area contributed by atoms with Crippen molar-refractivity contribution < 1.29 is 13.2 Å². The van der Waals surface area contributed by atoms with Crippen molar-refractivity contribution in [2.75, 3.05) is 23.4 Å². The van der Waals surface area contributed by atoms with E-state index in [4.69, 9.17) is 5.84 Å². The third-order valence-electron chi connectivity index (χ3n) is 3.96. The first kappa shape index (κ1) is 14.4. The van der Waals surface area contributed by atoms with Gasteiger partial charge < -0.3 is 10.3 Å². The van der Waals surface area contributed by atoms with E-state index in [2.05, 4.69) is 10.4 Å². The van der Waals surface area contributed by atoms with Crippen LogP contribution in [0.4, 0.5) is 24.8 Å². The SMILES string of the molecule is NNc1cc(C(F)(F)F)cc(N(CC2CC2)CC2CC2)n1. The fourth-order valence-corrected chi connectivity index (χ4v) is 2.40. The molecule has 7 heteroatoms. The third-order valence-corrected chi connectivity index (χ3v) is 3.96. The van der Waals surface area contributed by atoms with E-state index in [1.54, 1.807) is 0 Å². The van der Waals surface area contributed by atoms with Gasteiger partial charge in [-0.1, -0.05) is 0 Å². The molecule has 2 aliphatic carbocycles. The minimum absolute atomic E-state index is 0.0522. The van der Waals surface area contributed by atoms with Crippen LogP contribution >= 0.6 is 0 Å². The Bertz CT molecular complexity index is 495. The zero-order chi connectivity index (χ0) is 15.0. The van der Waals surface area contributed by atoms with Gasteiger partial charge >= 0.3 is 6.18 Å². The summed E-state index contributed by atoms with van der Waals surface area (Å²) in [6.45, 7) is 1.57. The number of hydrogen-bond donors (Lipinski definition) is 2. The van der Waals surface area contributed by atoms with Crippen LogP contribution in [0.15, 0.2) is 12.1 Å². The van der Waals surface area contributed by atoms with E-state index >= 15 is 0 Å². The lowest BCUT2D eigenvalue weighted by molar-refractivity contribution is -0.137. The number of nitrogens with zero attached hydrogens (tertiary/aromatic N) is 2. The number of anilines is 2. The largest absolute Gasteiger partial charge is 0.416 e. The third kappa shape index (κ3) is 3.78. The number of hydrogen-bond acceptors (Lipinski definition) is 4. The number of pyridine rings is 1. The average molecular weight is 300 g/mol. The van der Waals surface area contributed by atoms with Gasteiger partial charge in [0, 0.05) is 13.1 Å². The Hall–Kier alpha value is -1.50. The smallest absolute Gasteiger partial charge is 0.356 e. The van der Waals surface area contributed by atoms with Crippen LogP contribution in [0, 0.1) is 11.8 Å². The molecular formula is C14H19F3N4. The summed E-state index contributed by atoms with van der Waals surface area (Å²) < 4.78 is 38.9. The van der Waals surface area contributed by atoms with Gasteiger partial charge in [-0.2, -0.15) is 13.2 Å². The topological polar surface area (TPSA) is 54.2 Å². The standard InChI is InChI=1S/C14H19F3N4/c15-14(16,17)11-5-12(20-18)19-13(6-11)21(7-9-1-2-9)8-10-3-4-10/h5-6,9-10H,1-4,7-8,18H2,(H,19,20). The summed E-state index contributed by atoms with van der Waals surface area (Å²) in [5, 5.41) is 0. The average Bonchev–Trinajstić information content (AvgIpc) is 3.31. The van der Waals surface area contributed by atoms with Gasteiger partial charge in [-0.25, -0.2) is 10.8 Å². The van der Waals surface area contributed by atoms with Gasteiger partial charge in [0.15, 0.2) is 0 Å². The highest BCUT2D eigenvalue weighted by molar-refractivity contribution is 5.51. The van der Waals surface area contributed by atoms with Crippen molar-refractivity contribution in [3.05, 3.63) is 17.7 Å². The van der Waals surface area contributed by atoms with Crippen molar-refractivity contribution in [1.82, 2.24) is 4.98 Å². The maximum Gasteiger partial charge on any atom is 0.416 e. The summed E-state index contributed by atoms with van der Waals surface area (Å²) in [7, 11) is 0. The van der Waals surface area contributed by atoms with E-state index in [1.165, 1.54) is 0 Å². The second kappa shape index (κ2) is 5.36. The zero-order valence-electron chi connectivity index (χ0n) is 11.7. The van der Waals surface area contributed by atoms with Gasteiger partial charge in [-0.3, -0.25) is 0 Å². The molecule has 0 amide bonds. The number of rotatable bonds is 6. The summed E-state index contributed by atoms with van der Waals surface area (Å²) in [5.41, 5.74) is 1.52. The van der Waals surface area contributed by atoms with E-state index in [1.807, 2.05) is 4.90 Å². The number of alkyl halides is 3. The van der Waals surface area contributed by atoms with Gasteiger partial charge in [0.25, 0.3) is 0 Å². The van der Waals surface area contributed by atoms with E-state index in [9.17, 15) is 13.2 Å². The number of halogens is 3. The molecule has 0 bridgehead atoms. The minimum Gasteiger partial charge on any atom is -0.356 e. The maximum absolute atomic E-state index is 13.0. The normalized spacial score (nSPS) is 18.7. The van der Waals surface area contributed by atoms with Crippen LogP contribution in [-0.2, 0) is 6.18 Å². The van der Waals surface area contributed by atoms with Crippen molar-refractivity contribution in [2.24, 2.45) is 17.7 Å². The molecule has 21 heavy (non-hydrogen) atoms. The second-order valence-corrected chi connectivity index (χ2v) is 6.03. The summed E-state index contributed by atoms with van der Waals surface area (Å²) in [4.78, 5) is 6.21. The Balaban J connectivity index is 1.88. The Labute approximate surface area is 121 Å². The monoisotopic (exact) mass is 300 g/mol. The van der Waals surface area contributed by atoms with Crippen LogP contribution in [0.25, 0.3) is 0 Å². The summed E-state index contributed by atoms with van der Waals surface area (Å²) in [6.07, 6.45) is 0.225. The molecule has 0 aliphatic heterocycles. The van der Waals surface area contributed by atoms with Crippen LogP contribution in [0.1, 0.15) is 31.2 Å². The molecule has 2 saturated carbocycles. The van der Waals surface area contributed by atoms with E-state index in [0.717, 1.165) is 50.9 Å². The number of nitrogen functional groups attached to an aromatic ring is 1. The van der Waals surface area contributed by atoms with Gasteiger partial charge in [0.1, 0.15) is 11.6 Å². The summed E-state index contributed by atoms with van der Waals surface area (Å²) >= 11 is 0. The molecule has 1 aromatic heterocycles. The lowest BCUT2D eigenvalue weighted by atomic mass is 10.2. The van der Waals surface area contributed by atoms with Gasteiger partial charge in [-0.05, 0) is 49.7 Å². The zero-order valence-corrected chi connectivity index (χ0v) is 11.7. The van der Waals surface area contributed by atoms with Crippen LogP contribution < -0.4 is 16.2 Å². The van der Waals surface area contributed by atoms with Gasteiger partial charge in [0.05, 0.1) is 5.56 Å². The first-order valence-corrected chi connectivity index (χ1v) is 7.26. The predicted octanol–water partition coefficient (Wildman–Crippen LogP) is 3.01. The molecule has 0 aromatic carbocycles. The Morgan fingerprint density at radius 3 is 2.14 bits per heavy atom. The summed E-state index contributed by atoms with van der Waals surface area (Å²) in [6, 6.07) is 2.07.